The zero-order chi connectivity index (χ0) is 41.5. The van der Waals surface area contributed by atoms with Crippen LogP contribution in [0.2, 0.25) is 0 Å². The van der Waals surface area contributed by atoms with E-state index in [1.807, 2.05) is 0 Å². The van der Waals surface area contributed by atoms with Crippen LogP contribution in [-0.4, -0.2) is 141 Å². The Morgan fingerprint density at radius 1 is 0.544 bits per heavy atom. The number of phenols is 2. The first kappa shape index (κ1) is 45.9. The fourth-order valence-electron chi connectivity index (χ4n) is 6.28. The molecule has 57 heavy (non-hydrogen) atoms. The van der Waals surface area contributed by atoms with Gasteiger partial charge in [0.25, 0.3) is 0 Å². The van der Waals surface area contributed by atoms with E-state index in [-0.39, 0.29) is 11.1 Å². The van der Waals surface area contributed by atoms with Crippen molar-refractivity contribution in [3.05, 3.63) is 47.5 Å². The minimum Gasteiger partial charge on any atom is -0.507 e. The molecular formula is C40H58O17. The van der Waals surface area contributed by atoms with Crippen molar-refractivity contribution < 1.29 is 83.6 Å². The Morgan fingerprint density at radius 3 is 1.30 bits per heavy atom. The van der Waals surface area contributed by atoms with E-state index in [2.05, 4.69) is 13.8 Å². The first-order valence-corrected chi connectivity index (χ1v) is 19.7. The molecule has 17 heteroatoms. The summed E-state index contributed by atoms with van der Waals surface area (Å²) in [6.45, 7) is 3.75. The highest BCUT2D eigenvalue weighted by molar-refractivity contribution is 5.93. The van der Waals surface area contributed by atoms with E-state index in [1.165, 1.54) is 36.4 Å². The Kier molecular flexibility index (Phi) is 18.5. The van der Waals surface area contributed by atoms with Gasteiger partial charge >= 0.3 is 11.9 Å². The number of phenolic OH excluding ortho intramolecular Hbond substituents is 2. The number of unbranched alkanes of at least 4 members (excludes halogenated alkanes) is 8. The summed E-state index contributed by atoms with van der Waals surface area (Å²) in [7, 11) is 0. The SMILES string of the molecule is CCCCCCCOc1ccc(C(=O)OCC2O[C@H](O[C@H]3OC(COC(=O)c4ccc(OCCCCCCC)cc4O)[C@@H](O)C(O)C3O)C(O)C(O)[C@@H]2O)c(O)c1. The van der Waals surface area contributed by atoms with Gasteiger partial charge in [0.2, 0.25) is 0 Å². The molecule has 320 valence electrons. The van der Waals surface area contributed by atoms with Gasteiger partial charge in [-0.1, -0.05) is 65.2 Å². The molecule has 0 radical (unpaired) electrons. The highest BCUT2D eigenvalue weighted by atomic mass is 16.8. The summed E-state index contributed by atoms with van der Waals surface area (Å²) in [5, 5.41) is 84.4. The van der Waals surface area contributed by atoms with E-state index in [0.717, 1.165) is 64.2 Å². The summed E-state index contributed by atoms with van der Waals surface area (Å²) in [6.07, 6.45) is -7.60. The van der Waals surface area contributed by atoms with Crippen molar-refractivity contribution in [1.82, 2.24) is 0 Å². The maximum Gasteiger partial charge on any atom is 0.342 e. The van der Waals surface area contributed by atoms with Crippen LogP contribution in [0.25, 0.3) is 0 Å². The van der Waals surface area contributed by atoms with Crippen molar-refractivity contribution in [3.8, 4) is 23.0 Å². The van der Waals surface area contributed by atoms with Crippen LogP contribution < -0.4 is 9.47 Å². The second-order valence-corrected chi connectivity index (χ2v) is 14.2. The molecule has 6 unspecified atom stereocenters. The number of aliphatic hydroxyl groups is 6. The summed E-state index contributed by atoms with van der Waals surface area (Å²) in [4.78, 5) is 25.6. The van der Waals surface area contributed by atoms with Crippen LogP contribution in [-0.2, 0) is 23.7 Å². The Balaban J connectivity index is 1.30. The fraction of sp³-hybridized carbons (Fsp3) is 0.650. The first-order valence-electron chi connectivity index (χ1n) is 19.7. The van der Waals surface area contributed by atoms with Gasteiger partial charge in [0.05, 0.1) is 13.2 Å². The van der Waals surface area contributed by atoms with Gasteiger partial charge in [-0.2, -0.15) is 0 Å². The normalized spacial score (nSPS) is 27.4. The molecule has 2 heterocycles. The highest BCUT2D eigenvalue weighted by Crippen LogP contribution is 2.31. The number of carbonyl (C=O) groups excluding carboxylic acids is 2. The zero-order valence-electron chi connectivity index (χ0n) is 32.4. The number of carbonyl (C=O) groups is 2. The summed E-state index contributed by atoms with van der Waals surface area (Å²) in [5.74, 6) is -2.13. The summed E-state index contributed by atoms with van der Waals surface area (Å²) >= 11 is 0. The predicted octanol–water partition coefficient (Wildman–Crippen LogP) is 2.44. The van der Waals surface area contributed by atoms with Gasteiger partial charge < -0.3 is 74.0 Å². The maximum atomic E-state index is 12.8. The van der Waals surface area contributed by atoms with E-state index in [4.69, 9.17) is 33.2 Å². The number of hydrogen-bond donors (Lipinski definition) is 8. The Bertz CT molecular complexity index is 1430. The number of esters is 2. The number of aliphatic hydroxyl groups excluding tert-OH is 6. The standard InChI is InChI=1S/C40H58O17/c1-3-5-7-9-11-17-51-23-13-15-25(27(41)19-23)37(49)53-21-29-31(43)33(45)35(47)39(55-29)57-40-36(48)34(46)32(44)30(56-40)22-54-38(50)26-16-14-24(20-28(26)42)52-18-12-10-8-6-4-2/h13-16,19-20,29-36,39-48H,3-12,17-18,21-22H2,1-2H3/t29?,30?,31-,32-,33?,34?,35?,36?,39-,40-/m1/s1. The van der Waals surface area contributed by atoms with Crippen molar-refractivity contribution in [2.45, 2.75) is 139 Å². The van der Waals surface area contributed by atoms with Gasteiger partial charge in [-0.3, -0.25) is 0 Å². The average Bonchev–Trinajstić information content (AvgIpc) is 3.19. The van der Waals surface area contributed by atoms with Crippen molar-refractivity contribution in [2.24, 2.45) is 0 Å². The third-order valence-corrected chi connectivity index (χ3v) is 9.77. The lowest BCUT2D eigenvalue weighted by atomic mass is 9.98. The monoisotopic (exact) mass is 810 g/mol. The van der Waals surface area contributed by atoms with Crippen molar-refractivity contribution in [3.63, 3.8) is 0 Å². The van der Waals surface area contributed by atoms with E-state index in [0.29, 0.717) is 24.7 Å². The smallest absolute Gasteiger partial charge is 0.342 e. The van der Waals surface area contributed by atoms with Gasteiger partial charge in [-0.15, -0.1) is 0 Å². The molecular weight excluding hydrogens is 752 g/mol. The molecule has 2 aliphatic rings. The number of benzene rings is 2. The number of aromatic hydroxyl groups is 2. The number of rotatable bonds is 22. The van der Waals surface area contributed by atoms with Crippen LogP contribution in [0, 0.1) is 0 Å². The minimum absolute atomic E-state index is 0.216. The lowest BCUT2D eigenvalue weighted by Crippen LogP contribution is -2.64. The van der Waals surface area contributed by atoms with Crippen molar-refractivity contribution >= 4 is 11.9 Å². The van der Waals surface area contributed by atoms with E-state index >= 15 is 0 Å². The van der Waals surface area contributed by atoms with Crippen LogP contribution in [0.5, 0.6) is 23.0 Å². The van der Waals surface area contributed by atoms with Gasteiger partial charge in [0, 0.05) is 12.1 Å². The van der Waals surface area contributed by atoms with Crippen LogP contribution >= 0.6 is 0 Å². The molecule has 2 aromatic rings. The number of hydrogen-bond acceptors (Lipinski definition) is 17. The molecule has 2 aromatic carbocycles. The first-order chi connectivity index (χ1) is 27.4. The molecule has 2 saturated heterocycles. The summed E-state index contributed by atoms with van der Waals surface area (Å²) in [6, 6.07) is 8.10. The van der Waals surface area contributed by atoms with Gasteiger partial charge in [-0.05, 0) is 37.1 Å². The van der Waals surface area contributed by atoms with Crippen LogP contribution in [0.4, 0.5) is 0 Å². The molecule has 17 nitrogen and oxygen atoms in total. The molecule has 10 atom stereocenters. The lowest BCUT2D eigenvalue weighted by molar-refractivity contribution is -0.376. The highest BCUT2D eigenvalue weighted by Gasteiger charge is 2.50. The Hall–Kier alpha value is -3.78. The molecule has 0 aliphatic carbocycles. The van der Waals surface area contributed by atoms with Gasteiger partial charge in [0.1, 0.15) is 96.2 Å². The lowest BCUT2D eigenvalue weighted by Gasteiger charge is -2.44. The molecule has 0 bridgehead atoms. The Morgan fingerprint density at radius 2 is 0.930 bits per heavy atom. The Labute approximate surface area is 331 Å². The van der Waals surface area contributed by atoms with Crippen molar-refractivity contribution in [1.29, 1.82) is 0 Å². The molecule has 0 spiro atoms. The van der Waals surface area contributed by atoms with Crippen LogP contribution in [0.3, 0.4) is 0 Å². The van der Waals surface area contributed by atoms with Crippen molar-refractivity contribution in [2.75, 3.05) is 26.4 Å². The molecule has 0 aromatic heterocycles. The molecule has 2 aliphatic heterocycles. The number of ether oxygens (including phenoxy) is 7. The van der Waals surface area contributed by atoms with Gasteiger partial charge in [0.15, 0.2) is 12.6 Å². The van der Waals surface area contributed by atoms with Crippen LogP contribution in [0.15, 0.2) is 36.4 Å². The minimum atomic E-state index is -1.94. The summed E-state index contributed by atoms with van der Waals surface area (Å²) in [5.41, 5.74) is -0.432. The summed E-state index contributed by atoms with van der Waals surface area (Å²) < 4.78 is 38.4. The predicted molar refractivity (Wildman–Crippen MR) is 200 cm³/mol. The fourth-order valence-corrected chi connectivity index (χ4v) is 6.28. The molecule has 2 fully saturated rings. The second-order valence-electron chi connectivity index (χ2n) is 14.2. The zero-order valence-corrected chi connectivity index (χ0v) is 32.4. The molecule has 8 N–H and O–H groups in total. The van der Waals surface area contributed by atoms with Gasteiger partial charge in [-0.25, -0.2) is 9.59 Å². The van der Waals surface area contributed by atoms with E-state index in [9.17, 15) is 50.4 Å². The third-order valence-electron chi connectivity index (χ3n) is 9.77. The molecule has 0 amide bonds. The maximum absolute atomic E-state index is 12.8. The quantitative estimate of drug-likeness (QED) is 0.0627. The molecule has 4 rings (SSSR count). The van der Waals surface area contributed by atoms with Crippen LogP contribution in [0.1, 0.15) is 98.8 Å². The topological polar surface area (TPSA) is 261 Å². The molecule has 0 saturated carbocycles. The average molecular weight is 811 g/mol. The largest absolute Gasteiger partial charge is 0.507 e. The van der Waals surface area contributed by atoms with E-state index in [1.54, 1.807) is 0 Å². The second kappa shape index (κ2) is 23.0. The third kappa shape index (κ3) is 13.1. The van der Waals surface area contributed by atoms with E-state index < -0.39 is 98.1 Å².